The largest absolute Gasteiger partial charge is 0.573 e. The summed E-state index contributed by atoms with van der Waals surface area (Å²) in [4.78, 5) is 17.6. The molecule has 1 unspecified atom stereocenters. The predicted octanol–water partition coefficient (Wildman–Crippen LogP) is 5.01. The van der Waals surface area contributed by atoms with E-state index in [1.54, 1.807) is 24.3 Å². The third-order valence-corrected chi connectivity index (χ3v) is 5.81. The molecule has 35 heavy (non-hydrogen) atoms. The van der Waals surface area contributed by atoms with Crippen molar-refractivity contribution in [2.24, 2.45) is 10.7 Å². The first-order valence-corrected chi connectivity index (χ1v) is 10.9. The van der Waals surface area contributed by atoms with Crippen molar-refractivity contribution in [1.82, 2.24) is 5.32 Å². The lowest BCUT2D eigenvalue weighted by Gasteiger charge is -2.20. The van der Waals surface area contributed by atoms with Crippen molar-refractivity contribution in [2.45, 2.75) is 25.9 Å². The van der Waals surface area contributed by atoms with Crippen molar-refractivity contribution in [3.63, 3.8) is 0 Å². The van der Waals surface area contributed by atoms with Crippen LogP contribution in [0.2, 0.25) is 0 Å². The molecule has 1 heterocycles. The number of rotatable bonds is 7. The van der Waals surface area contributed by atoms with Gasteiger partial charge in [0.2, 0.25) is 0 Å². The molecule has 1 amide bonds. The number of nitrogens with two attached hydrogens (primary N) is 1. The number of alkyl halides is 3. The Morgan fingerprint density at radius 3 is 2.57 bits per heavy atom. The van der Waals surface area contributed by atoms with Gasteiger partial charge in [-0.2, -0.15) is 0 Å². The molecular weight excluding hydrogens is 459 g/mol. The minimum absolute atomic E-state index is 0.0253. The molecule has 0 saturated heterocycles. The van der Waals surface area contributed by atoms with E-state index in [9.17, 15) is 18.0 Å². The Kier molecular flexibility index (Phi) is 6.79. The van der Waals surface area contributed by atoms with Gasteiger partial charge < -0.3 is 20.5 Å². The van der Waals surface area contributed by atoms with Gasteiger partial charge in [0.1, 0.15) is 11.5 Å². The molecule has 1 aliphatic heterocycles. The first-order valence-electron chi connectivity index (χ1n) is 10.9. The molecular formula is C26H24F3N3O3. The van der Waals surface area contributed by atoms with Gasteiger partial charge in [-0.15, -0.1) is 13.2 Å². The molecule has 4 rings (SSSR count). The molecule has 1 atom stereocenters. The van der Waals surface area contributed by atoms with E-state index in [1.165, 1.54) is 19.2 Å². The zero-order valence-corrected chi connectivity index (χ0v) is 19.1. The summed E-state index contributed by atoms with van der Waals surface area (Å²) in [5, 5.41) is 2.72. The summed E-state index contributed by atoms with van der Waals surface area (Å²) in [6.45, 7) is 2.52. The number of hydrogen-bond acceptors (Lipinski definition) is 5. The van der Waals surface area contributed by atoms with Gasteiger partial charge in [-0.3, -0.25) is 9.79 Å². The summed E-state index contributed by atoms with van der Waals surface area (Å²) in [7, 11) is 1.51. The van der Waals surface area contributed by atoms with Crippen molar-refractivity contribution in [2.75, 3.05) is 13.7 Å². The SMILES string of the molecule is COc1cccc(C(CN)NC(=O)c2cc(-c3ccc4c(c3)C(C)=NC4)ccc2OC(F)(F)F)c1. The molecule has 3 aromatic rings. The first-order chi connectivity index (χ1) is 16.7. The van der Waals surface area contributed by atoms with E-state index >= 15 is 0 Å². The molecule has 0 aliphatic carbocycles. The third-order valence-electron chi connectivity index (χ3n) is 5.81. The van der Waals surface area contributed by atoms with Gasteiger partial charge in [0.15, 0.2) is 0 Å². The molecule has 0 bridgehead atoms. The number of ether oxygens (including phenoxy) is 2. The van der Waals surface area contributed by atoms with E-state index in [0.29, 0.717) is 23.4 Å². The Bertz CT molecular complexity index is 1290. The zero-order chi connectivity index (χ0) is 25.2. The number of nitrogens with one attached hydrogen (secondary N) is 1. The number of methoxy groups -OCH3 is 1. The Morgan fingerprint density at radius 1 is 1.11 bits per heavy atom. The fraction of sp³-hybridized carbons (Fsp3) is 0.231. The molecule has 3 aromatic carbocycles. The number of halogens is 3. The number of fused-ring (bicyclic) bond motifs is 1. The molecule has 0 aromatic heterocycles. The van der Waals surface area contributed by atoms with Crippen molar-refractivity contribution in [1.29, 1.82) is 0 Å². The van der Waals surface area contributed by atoms with E-state index in [0.717, 1.165) is 28.5 Å². The Balaban J connectivity index is 1.70. The molecule has 0 saturated carbocycles. The highest BCUT2D eigenvalue weighted by molar-refractivity contribution is 6.03. The molecule has 1 aliphatic rings. The number of nitrogens with zero attached hydrogens (tertiary/aromatic N) is 1. The fourth-order valence-electron chi connectivity index (χ4n) is 3.99. The third kappa shape index (κ3) is 5.46. The summed E-state index contributed by atoms with van der Waals surface area (Å²) in [5.74, 6) is -0.781. The normalized spacial score (nSPS) is 13.6. The molecule has 182 valence electrons. The van der Waals surface area contributed by atoms with Crippen molar-refractivity contribution < 1.29 is 27.4 Å². The van der Waals surface area contributed by atoms with Gasteiger partial charge in [0, 0.05) is 17.8 Å². The van der Waals surface area contributed by atoms with E-state index in [4.69, 9.17) is 10.5 Å². The lowest BCUT2D eigenvalue weighted by molar-refractivity contribution is -0.274. The van der Waals surface area contributed by atoms with Crippen LogP contribution in [0.15, 0.2) is 65.7 Å². The van der Waals surface area contributed by atoms with Crippen LogP contribution in [0.3, 0.4) is 0 Å². The lowest BCUT2D eigenvalue weighted by Crippen LogP contribution is -2.34. The molecule has 0 radical (unpaired) electrons. The zero-order valence-electron chi connectivity index (χ0n) is 19.1. The summed E-state index contributed by atoms with van der Waals surface area (Å²) >= 11 is 0. The van der Waals surface area contributed by atoms with Crippen LogP contribution < -0.4 is 20.5 Å². The van der Waals surface area contributed by atoms with Gasteiger partial charge in [-0.1, -0.05) is 30.3 Å². The first kappa shape index (κ1) is 24.3. The van der Waals surface area contributed by atoms with Crippen molar-refractivity contribution in [3.05, 3.63) is 82.9 Å². The number of benzene rings is 3. The minimum Gasteiger partial charge on any atom is -0.497 e. The van der Waals surface area contributed by atoms with E-state index < -0.39 is 24.1 Å². The van der Waals surface area contributed by atoms with Crippen LogP contribution in [0.25, 0.3) is 11.1 Å². The number of hydrogen-bond donors (Lipinski definition) is 2. The summed E-state index contributed by atoms with van der Waals surface area (Å²) in [5.41, 5.74) is 10.5. The standard InChI is InChI=1S/C26H24F3N3O3/c1-15-21-11-16(6-7-19(21)14-31-15)17-8-9-24(35-26(27,28)29)22(12-17)25(33)32-23(13-30)18-4-3-5-20(10-18)34-2/h3-12,23H,13-14,30H2,1-2H3,(H,32,33). The van der Waals surface area contributed by atoms with Crippen LogP contribution in [0.1, 0.15) is 40.0 Å². The number of amides is 1. The number of carbonyl (C=O) groups is 1. The molecule has 9 heteroatoms. The van der Waals surface area contributed by atoms with Gasteiger partial charge in [0.25, 0.3) is 5.91 Å². The van der Waals surface area contributed by atoms with Gasteiger partial charge in [-0.05, 0) is 59.5 Å². The van der Waals surface area contributed by atoms with Crippen LogP contribution in [0, 0.1) is 0 Å². The highest BCUT2D eigenvalue weighted by Gasteiger charge is 2.33. The monoisotopic (exact) mass is 483 g/mol. The molecule has 3 N–H and O–H groups in total. The van der Waals surface area contributed by atoms with Crippen LogP contribution in [-0.4, -0.2) is 31.6 Å². The van der Waals surface area contributed by atoms with Crippen LogP contribution in [0.4, 0.5) is 13.2 Å². The lowest BCUT2D eigenvalue weighted by atomic mass is 9.96. The van der Waals surface area contributed by atoms with Gasteiger partial charge in [0.05, 0.1) is 25.3 Å². The van der Waals surface area contributed by atoms with E-state index in [2.05, 4.69) is 15.0 Å². The topological polar surface area (TPSA) is 85.9 Å². The Labute approximate surface area is 200 Å². The maximum Gasteiger partial charge on any atom is 0.573 e. The van der Waals surface area contributed by atoms with Crippen LogP contribution in [0.5, 0.6) is 11.5 Å². The summed E-state index contributed by atoms with van der Waals surface area (Å²) < 4.78 is 48.6. The highest BCUT2D eigenvalue weighted by atomic mass is 19.4. The van der Waals surface area contributed by atoms with Crippen LogP contribution in [-0.2, 0) is 6.54 Å². The smallest absolute Gasteiger partial charge is 0.497 e. The second-order valence-corrected chi connectivity index (χ2v) is 8.07. The molecule has 6 nitrogen and oxygen atoms in total. The average molecular weight is 483 g/mol. The molecule has 0 fully saturated rings. The highest BCUT2D eigenvalue weighted by Crippen LogP contribution is 2.33. The Morgan fingerprint density at radius 2 is 1.86 bits per heavy atom. The second kappa shape index (κ2) is 9.79. The minimum atomic E-state index is -4.96. The fourth-order valence-corrected chi connectivity index (χ4v) is 3.99. The summed E-state index contributed by atoms with van der Waals surface area (Å²) in [6, 6.07) is 16.0. The van der Waals surface area contributed by atoms with E-state index in [1.807, 2.05) is 25.1 Å². The maximum atomic E-state index is 13.2. The number of carbonyl (C=O) groups excluding carboxylic acids is 1. The second-order valence-electron chi connectivity index (χ2n) is 8.07. The van der Waals surface area contributed by atoms with E-state index in [-0.39, 0.29) is 12.1 Å². The van der Waals surface area contributed by atoms with Gasteiger partial charge >= 0.3 is 6.36 Å². The quantitative estimate of drug-likeness (QED) is 0.495. The Hall–Kier alpha value is -3.85. The number of aliphatic imine (C=N–C) groups is 1. The van der Waals surface area contributed by atoms with Crippen molar-refractivity contribution in [3.8, 4) is 22.6 Å². The summed E-state index contributed by atoms with van der Waals surface area (Å²) in [6.07, 6.45) is -4.96. The van der Waals surface area contributed by atoms with Crippen molar-refractivity contribution >= 4 is 11.6 Å². The average Bonchev–Trinajstić information content (AvgIpc) is 3.21. The molecule has 0 spiro atoms. The van der Waals surface area contributed by atoms with Gasteiger partial charge in [-0.25, -0.2) is 0 Å². The maximum absolute atomic E-state index is 13.2. The predicted molar refractivity (Wildman–Crippen MR) is 127 cm³/mol. The van der Waals surface area contributed by atoms with Crippen LogP contribution >= 0.6 is 0 Å².